The van der Waals surface area contributed by atoms with Gasteiger partial charge in [0.15, 0.2) is 0 Å². The van der Waals surface area contributed by atoms with Gasteiger partial charge in [0.25, 0.3) is 0 Å². The number of nitrogens with zero attached hydrogens (tertiary/aromatic N) is 1. The maximum absolute atomic E-state index is 2.49. The van der Waals surface area contributed by atoms with Crippen molar-refractivity contribution in [3.05, 3.63) is 0 Å². The van der Waals surface area contributed by atoms with Crippen molar-refractivity contribution in [3.63, 3.8) is 0 Å². The molecule has 0 rings (SSSR count). The van der Waals surface area contributed by atoms with Gasteiger partial charge in [-0.25, -0.2) is 0 Å². The number of unbranched alkanes of at least 4 members (excludes halogenated alkanes) is 2. The summed E-state index contributed by atoms with van der Waals surface area (Å²) in [6.45, 7) is 8.12. The summed E-state index contributed by atoms with van der Waals surface area (Å²) in [6, 6.07) is 0.775. The molecule has 0 amide bonds. The predicted octanol–water partition coefficient (Wildman–Crippen LogP) is 3.30. The first-order chi connectivity index (χ1) is 5.72. The van der Waals surface area contributed by atoms with Crippen LogP contribution < -0.4 is 0 Å². The van der Waals surface area contributed by atoms with Gasteiger partial charge in [0.2, 0.25) is 0 Å². The summed E-state index contributed by atoms with van der Waals surface area (Å²) in [5.41, 5.74) is 0. The van der Waals surface area contributed by atoms with Gasteiger partial charge in [-0.15, -0.1) is 0 Å². The third-order valence-electron chi connectivity index (χ3n) is 2.59. The van der Waals surface area contributed by atoms with Crippen LogP contribution in [0.2, 0.25) is 0 Å². The summed E-state index contributed by atoms with van der Waals surface area (Å²) in [5, 5.41) is 0. The SMILES string of the molecule is CCCCC(C)N(C)CCCC. The van der Waals surface area contributed by atoms with Crippen LogP contribution in [-0.2, 0) is 0 Å². The average molecular weight is 171 g/mol. The van der Waals surface area contributed by atoms with Gasteiger partial charge >= 0.3 is 0 Å². The van der Waals surface area contributed by atoms with E-state index < -0.39 is 0 Å². The molecular formula is C11H25N. The van der Waals surface area contributed by atoms with Crippen molar-refractivity contribution in [2.24, 2.45) is 0 Å². The van der Waals surface area contributed by atoms with E-state index in [1.54, 1.807) is 0 Å². The zero-order valence-electron chi connectivity index (χ0n) is 9.27. The Balaban J connectivity index is 3.39. The first kappa shape index (κ1) is 12.0. The third kappa shape index (κ3) is 5.59. The van der Waals surface area contributed by atoms with Gasteiger partial charge in [0.1, 0.15) is 0 Å². The normalized spacial score (nSPS) is 13.8. The molecule has 1 heteroatoms. The number of hydrogen-bond acceptors (Lipinski definition) is 1. The highest BCUT2D eigenvalue weighted by Crippen LogP contribution is 2.06. The molecule has 1 nitrogen and oxygen atoms in total. The first-order valence-electron chi connectivity index (χ1n) is 5.42. The summed E-state index contributed by atoms with van der Waals surface area (Å²) < 4.78 is 0. The van der Waals surface area contributed by atoms with Crippen LogP contribution in [0.5, 0.6) is 0 Å². The Hall–Kier alpha value is -0.0400. The summed E-state index contributed by atoms with van der Waals surface area (Å²) >= 11 is 0. The molecule has 0 saturated carbocycles. The Morgan fingerprint density at radius 2 is 1.67 bits per heavy atom. The van der Waals surface area contributed by atoms with Crippen molar-refractivity contribution in [3.8, 4) is 0 Å². The van der Waals surface area contributed by atoms with Crippen molar-refractivity contribution < 1.29 is 0 Å². The largest absolute Gasteiger partial charge is 0.304 e. The Morgan fingerprint density at radius 3 is 2.17 bits per heavy atom. The quantitative estimate of drug-likeness (QED) is 0.568. The van der Waals surface area contributed by atoms with Crippen LogP contribution in [0.3, 0.4) is 0 Å². The zero-order valence-corrected chi connectivity index (χ0v) is 9.27. The molecule has 0 aliphatic heterocycles. The lowest BCUT2D eigenvalue weighted by Crippen LogP contribution is -2.29. The maximum atomic E-state index is 2.49. The van der Waals surface area contributed by atoms with Gasteiger partial charge in [-0.05, 0) is 33.4 Å². The van der Waals surface area contributed by atoms with Gasteiger partial charge in [0, 0.05) is 6.04 Å². The minimum absolute atomic E-state index is 0.775. The van der Waals surface area contributed by atoms with E-state index in [1.807, 2.05) is 0 Å². The molecule has 0 saturated heterocycles. The molecule has 74 valence electrons. The molecule has 0 aliphatic rings. The third-order valence-corrected chi connectivity index (χ3v) is 2.59. The highest BCUT2D eigenvalue weighted by molar-refractivity contribution is 4.62. The summed E-state index contributed by atoms with van der Waals surface area (Å²) in [7, 11) is 2.25. The fraction of sp³-hybridized carbons (Fsp3) is 1.00. The van der Waals surface area contributed by atoms with Crippen LogP contribution in [0, 0.1) is 0 Å². The molecule has 0 aromatic carbocycles. The monoisotopic (exact) mass is 171 g/mol. The maximum Gasteiger partial charge on any atom is 0.00638 e. The van der Waals surface area contributed by atoms with Gasteiger partial charge < -0.3 is 4.90 Å². The fourth-order valence-electron chi connectivity index (χ4n) is 1.35. The van der Waals surface area contributed by atoms with Crippen molar-refractivity contribution in [2.45, 2.75) is 58.9 Å². The second-order valence-corrected chi connectivity index (χ2v) is 3.83. The van der Waals surface area contributed by atoms with Crippen molar-refractivity contribution in [2.75, 3.05) is 13.6 Å². The smallest absolute Gasteiger partial charge is 0.00638 e. The lowest BCUT2D eigenvalue weighted by atomic mass is 10.1. The highest BCUT2D eigenvalue weighted by atomic mass is 15.1. The number of hydrogen-bond donors (Lipinski definition) is 0. The molecule has 0 N–H and O–H groups in total. The molecule has 0 radical (unpaired) electrons. The summed E-state index contributed by atoms with van der Waals surface area (Å²) in [6.07, 6.45) is 6.71. The minimum Gasteiger partial charge on any atom is -0.304 e. The predicted molar refractivity (Wildman–Crippen MR) is 56.5 cm³/mol. The Kier molecular flexibility index (Phi) is 7.58. The fourth-order valence-corrected chi connectivity index (χ4v) is 1.35. The van der Waals surface area contributed by atoms with E-state index in [-0.39, 0.29) is 0 Å². The second kappa shape index (κ2) is 7.60. The highest BCUT2D eigenvalue weighted by Gasteiger charge is 2.06. The van der Waals surface area contributed by atoms with Crippen LogP contribution in [0.4, 0.5) is 0 Å². The molecule has 0 aromatic heterocycles. The van der Waals surface area contributed by atoms with Crippen LogP contribution in [0.15, 0.2) is 0 Å². The Morgan fingerprint density at radius 1 is 1.08 bits per heavy atom. The Bertz CT molecular complexity index is 79.0. The Labute approximate surface area is 78.1 Å². The van der Waals surface area contributed by atoms with E-state index in [4.69, 9.17) is 0 Å². The van der Waals surface area contributed by atoms with Gasteiger partial charge in [-0.1, -0.05) is 33.1 Å². The molecule has 0 aromatic rings. The molecule has 0 bridgehead atoms. The minimum atomic E-state index is 0.775. The molecule has 1 unspecified atom stereocenters. The lowest BCUT2D eigenvalue weighted by Gasteiger charge is -2.24. The first-order valence-corrected chi connectivity index (χ1v) is 5.42. The molecule has 0 aliphatic carbocycles. The molecule has 0 fully saturated rings. The lowest BCUT2D eigenvalue weighted by molar-refractivity contribution is 0.239. The van der Waals surface area contributed by atoms with E-state index in [1.165, 1.54) is 38.6 Å². The van der Waals surface area contributed by atoms with Gasteiger partial charge in [-0.3, -0.25) is 0 Å². The number of rotatable bonds is 7. The molecule has 12 heavy (non-hydrogen) atoms. The van der Waals surface area contributed by atoms with Crippen molar-refractivity contribution in [1.29, 1.82) is 0 Å². The summed E-state index contributed by atoms with van der Waals surface area (Å²) in [5.74, 6) is 0. The van der Waals surface area contributed by atoms with E-state index in [0.29, 0.717) is 0 Å². The van der Waals surface area contributed by atoms with Crippen LogP contribution in [-0.4, -0.2) is 24.5 Å². The molecule has 0 heterocycles. The van der Waals surface area contributed by atoms with Crippen LogP contribution in [0.25, 0.3) is 0 Å². The van der Waals surface area contributed by atoms with Crippen LogP contribution in [0.1, 0.15) is 52.9 Å². The van der Waals surface area contributed by atoms with Crippen molar-refractivity contribution >= 4 is 0 Å². The van der Waals surface area contributed by atoms with Gasteiger partial charge in [-0.2, -0.15) is 0 Å². The molecule has 1 atom stereocenters. The van der Waals surface area contributed by atoms with E-state index >= 15 is 0 Å². The van der Waals surface area contributed by atoms with Crippen molar-refractivity contribution in [1.82, 2.24) is 4.90 Å². The van der Waals surface area contributed by atoms with E-state index in [9.17, 15) is 0 Å². The standard InChI is InChI=1S/C11H25N/c1-5-7-9-11(3)12(4)10-8-6-2/h11H,5-10H2,1-4H3. The van der Waals surface area contributed by atoms with Crippen LogP contribution >= 0.6 is 0 Å². The zero-order chi connectivity index (χ0) is 9.40. The topological polar surface area (TPSA) is 3.24 Å². The van der Waals surface area contributed by atoms with E-state index in [2.05, 4.69) is 32.7 Å². The summed E-state index contributed by atoms with van der Waals surface area (Å²) in [4.78, 5) is 2.49. The second-order valence-electron chi connectivity index (χ2n) is 3.83. The molecular weight excluding hydrogens is 146 g/mol. The van der Waals surface area contributed by atoms with Gasteiger partial charge in [0.05, 0.1) is 0 Å². The average Bonchev–Trinajstić information content (AvgIpc) is 2.10. The van der Waals surface area contributed by atoms with E-state index in [0.717, 1.165) is 6.04 Å². The molecule has 0 spiro atoms.